The van der Waals surface area contributed by atoms with Gasteiger partial charge in [0.15, 0.2) is 0 Å². The fourth-order valence-corrected chi connectivity index (χ4v) is 1.39. The van der Waals surface area contributed by atoms with Crippen LogP contribution in [0.15, 0.2) is 30.6 Å². The van der Waals surface area contributed by atoms with Gasteiger partial charge in [0.25, 0.3) is 0 Å². The number of hydrogen-bond acceptors (Lipinski definition) is 2. The molecule has 0 saturated heterocycles. The summed E-state index contributed by atoms with van der Waals surface area (Å²) in [6.45, 7) is 0. The maximum Gasteiger partial charge on any atom is 0.419 e. The van der Waals surface area contributed by atoms with Crippen LogP contribution in [0.3, 0.4) is 0 Å². The van der Waals surface area contributed by atoms with Crippen LogP contribution in [-0.2, 0) is 6.18 Å². The first kappa shape index (κ1) is 12.4. The third-order valence-electron chi connectivity index (χ3n) is 2.23. The van der Waals surface area contributed by atoms with E-state index < -0.39 is 23.6 Å². The Labute approximate surface area is 98.1 Å². The van der Waals surface area contributed by atoms with Gasteiger partial charge in [0.2, 0.25) is 0 Å². The molecule has 0 aliphatic rings. The molecule has 0 atom stereocenters. The lowest BCUT2D eigenvalue weighted by atomic mass is 10.1. The van der Waals surface area contributed by atoms with Gasteiger partial charge in [-0.25, -0.2) is 14.4 Å². The van der Waals surface area contributed by atoms with Gasteiger partial charge in [-0.1, -0.05) is 6.07 Å². The van der Waals surface area contributed by atoms with E-state index in [1.165, 1.54) is 0 Å². The van der Waals surface area contributed by atoms with Crippen LogP contribution in [0.1, 0.15) is 5.56 Å². The number of aromatic nitrogens is 2. The summed E-state index contributed by atoms with van der Waals surface area (Å²) in [5.41, 5.74) is -0.987. The summed E-state index contributed by atoms with van der Waals surface area (Å²) in [7, 11) is 0. The lowest BCUT2D eigenvalue weighted by Crippen LogP contribution is -2.07. The van der Waals surface area contributed by atoms with E-state index in [2.05, 4.69) is 9.97 Å². The first-order valence-electron chi connectivity index (χ1n) is 4.72. The fraction of sp³-hybridized carbons (Fsp3) is 0.0909. The first-order valence-corrected chi connectivity index (χ1v) is 4.72. The van der Waals surface area contributed by atoms with Gasteiger partial charge >= 0.3 is 12.3 Å². The molecule has 18 heavy (non-hydrogen) atoms. The van der Waals surface area contributed by atoms with Gasteiger partial charge in [0, 0.05) is 18.0 Å². The Morgan fingerprint density at radius 3 is 2.00 bits per heavy atom. The van der Waals surface area contributed by atoms with Crippen molar-refractivity contribution in [1.29, 1.82) is 0 Å². The van der Waals surface area contributed by atoms with Crippen LogP contribution in [0.4, 0.5) is 22.0 Å². The van der Waals surface area contributed by atoms with Crippen LogP contribution in [0.25, 0.3) is 11.1 Å². The van der Waals surface area contributed by atoms with Crippen molar-refractivity contribution in [2.75, 3.05) is 0 Å². The Morgan fingerprint density at radius 2 is 1.50 bits per heavy atom. The lowest BCUT2D eigenvalue weighted by molar-refractivity contribution is -0.139. The van der Waals surface area contributed by atoms with Crippen molar-refractivity contribution in [3.05, 3.63) is 48.1 Å². The molecule has 2 nitrogen and oxygen atoms in total. The number of benzene rings is 1. The van der Waals surface area contributed by atoms with Crippen LogP contribution in [-0.4, -0.2) is 9.97 Å². The van der Waals surface area contributed by atoms with Crippen LogP contribution in [0.5, 0.6) is 0 Å². The predicted octanol–water partition coefficient (Wildman–Crippen LogP) is 3.44. The molecule has 94 valence electrons. The summed E-state index contributed by atoms with van der Waals surface area (Å²) in [5, 5.41) is 0. The summed E-state index contributed by atoms with van der Waals surface area (Å²) >= 11 is 0. The molecule has 0 aliphatic heterocycles. The van der Waals surface area contributed by atoms with Crippen molar-refractivity contribution in [3.63, 3.8) is 0 Å². The normalized spacial score (nSPS) is 11.6. The van der Waals surface area contributed by atoms with Gasteiger partial charge in [-0.05, 0) is 17.7 Å². The first-order chi connectivity index (χ1) is 8.38. The monoisotopic (exact) mass is 260 g/mol. The number of alkyl halides is 3. The molecule has 0 spiro atoms. The summed E-state index contributed by atoms with van der Waals surface area (Å²) in [5.74, 6) is -1.40. The van der Waals surface area contributed by atoms with Crippen molar-refractivity contribution < 1.29 is 22.0 Å². The lowest BCUT2D eigenvalue weighted by Gasteiger charge is -2.09. The van der Waals surface area contributed by atoms with Gasteiger partial charge in [-0.15, -0.1) is 0 Å². The standard InChI is InChI=1S/C11H5F5N2/c12-9-3-6(1-2-8(9)11(14,15)16)7-4-17-10(13)18-5-7/h1-5H. The highest BCUT2D eigenvalue weighted by Crippen LogP contribution is 2.33. The fourth-order valence-electron chi connectivity index (χ4n) is 1.39. The summed E-state index contributed by atoms with van der Waals surface area (Å²) in [4.78, 5) is 6.47. The van der Waals surface area contributed by atoms with Crippen LogP contribution < -0.4 is 0 Å². The minimum absolute atomic E-state index is 0.139. The summed E-state index contributed by atoms with van der Waals surface area (Å²) in [6.07, 6.45) is -3.59. The Kier molecular flexibility index (Phi) is 2.98. The van der Waals surface area contributed by atoms with E-state index in [9.17, 15) is 22.0 Å². The molecule has 0 saturated carbocycles. The Hall–Kier alpha value is -2.05. The molecule has 0 bridgehead atoms. The van der Waals surface area contributed by atoms with Crippen LogP contribution in [0.2, 0.25) is 0 Å². The molecule has 1 aromatic carbocycles. The summed E-state index contributed by atoms with van der Waals surface area (Å²) in [6, 6.07) is 2.40. The van der Waals surface area contributed by atoms with Crippen molar-refractivity contribution in [3.8, 4) is 11.1 Å². The van der Waals surface area contributed by atoms with Gasteiger partial charge in [-0.3, -0.25) is 0 Å². The molecule has 2 rings (SSSR count). The van der Waals surface area contributed by atoms with Crippen molar-refractivity contribution >= 4 is 0 Å². The minimum atomic E-state index is -4.75. The Bertz CT molecular complexity index is 563. The largest absolute Gasteiger partial charge is 0.419 e. The molecule has 1 aromatic heterocycles. The van der Waals surface area contributed by atoms with E-state index in [1.807, 2.05) is 0 Å². The molecule has 1 heterocycles. The van der Waals surface area contributed by atoms with Crippen molar-refractivity contribution in [1.82, 2.24) is 9.97 Å². The van der Waals surface area contributed by atoms with Crippen LogP contribution >= 0.6 is 0 Å². The zero-order chi connectivity index (χ0) is 13.3. The highest BCUT2D eigenvalue weighted by Gasteiger charge is 2.33. The van der Waals surface area contributed by atoms with Crippen LogP contribution in [0, 0.1) is 11.9 Å². The molecule has 0 radical (unpaired) electrons. The molecular weight excluding hydrogens is 255 g/mol. The van der Waals surface area contributed by atoms with Gasteiger partial charge < -0.3 is 0 Å². The third-order valence-corrected chi connectivity index (χ3v) is 2.23. The van der Waals surface area contributed by atoms with E-state index in [-0.39, 0.29) is 11.1 Å². The van der Waals surface area contributed by atoms with E-state index in [0.717, 1.165) is 18.5 Å². The minimum Gasteiger partial charge on any atom is -0.210 e. The Balaban J connectivity index is 2.43. The van der Waals surface area contributed by atoms with Gasteiger partial charge in [0.1, 0.15) is 5.82 Å². The Morgan fingerprint density at radius 1 is 0.889 bits per heavy atom. The van der Waals surface area contributed by atoms with Crippen molar-refractivity contribution in [2.24, 2.45) is 0 Å². The van der Waals surface area contributed by atoms with E-state index in [1.54, 1.807) is 0 Å². The average Bonchev–Trinajstić information content (AvgIpc) is 2.28. The smallest absolute Gasteiger partial charge is 0.210 e. The molecule has 0 amide bonds. The second kappa shape index (κ2) is 4.32. The zero-order valence-corrected chi connectivity index (χ0v) is 8.67. The zero-order valence-electron chi connectivity index (χ0n) is 8.67. The third kappa shape index (κ3) is 2.44. The van der Waals surface area contributed by atoms with E-state index in [4.69, 9.17) is 0 Å². The molecule has 7 heteroatoms. The second-order valence-electron chi connectivity index (χ2n) is 3.43. The highest BCUT2D eigenvalue weighted by molar-refractivity contribution is 5.61. The number of rotatable bonds is 1. The molecule has 0 aliphatic carbocycles. The molecule has 0 N–H and O–H groups in total. The topological polar surface area (TPSA) is 25.8 Å². The average molecular weight is 260 g/mol. The number of nitrogens with zero attached hydrogens (tertiary/aromatic N) is 2. The van der Waals surface area contributed by atoms with Gasteiger partial charge in [0.05, 0.1) is 5.56 Å². The highest BCUT2D eigenvalue weighted by atomic mass is 19.4. The molecule has 0 unspecified atom stereocenters. The number of halogens is 5. The quantitative estimate of drug-likeness (QED) is 0.579. The summed E-state index contributed by atoms with van der Waals surface area (Å²) < 4.78 is 62.7. The second-order valence-corrected chi connectivity index (χ2v) is 3.43. The van der Waals surface area contributed by atoms with Crippen molar-refractivity contribution in [2.45, 2.75) is 6.18 Å². The molecule has 0 fully saturated rings. The van der Waals surface area contributed by atoms with E-state index >= 15 is 0 Å². The molecular formula is C11H5F5N2. The SMILES string of the molecule is Fc1ncc(-c2ccc(C(F)(F)F)c(F)c2)cn1. The number of hydrogen-bond donors (Lipinski definition) is 0. The maximum absolute atomic E-state index is 13.3. The molecule has 2 aromatic rings. The van der Waals surface area contributed by atoms with Gasteiger partial charge in [-0.2, -0.15) is 17.6 Å². The maximum atomic E-state index is 13.3. The predicted molar refractivity (Wildman–Crippen MR) is 52.4 cm³/mol. The van der Waals surface area contributed by atoms with E-state index in [0.29, 0.717) is 12.1 Å².